The predicted molar refractivity (Wildman–Crippen MR) is 168 cm³/mol. The molecule has 0 bridgehead atoms. The molecule has 266 valence electrons. The molecule has 5 saturated heterocycles. The Morgan fingerprint density at radius 2 is 1.67 bits per heavy atom. The van der Waals surface area contributed by atoms with Gasteiger partial charge in [0.1, 0.15) is 0 Å². The lowest BCUT2D eigenvalue weighted by molar-refractivity contribution is -0.336. The molecule has 0 amide bonds. The first-order chi connectivity index (χ1) is 21.4. The molecule has 5 rings (SSSR count). The van der Waals surface area contributed by atoms with Crippen LogP contribution in [0.5, 0.6) is 0 Å². The van der Waals surface area contributed by atoms with Crippen LogP contribution in [0.1, 0.15) is 100 Å². The van der Waals surface area contributed by atoms with E-state index in [4.69, 9.17) is 28.4 Å². The van der Waals surface area contributed by atoms with Crippen LogP contribution in [0.15, 0.2) is 0 Å². The minimum atomic E-state index is -1.56. The highest BCUT2D eigenvalue weighted by molar-refractivity contribution is 5.70. The molecule has 5 aliphatic heterocycles. The van der Waals surface area contributed by atoms with Crippen LogP contribution in [0.25, 0.3) is 0 Å². The zero-order valence-corrected chi connectivity index (χ0v) is 29.3. The quantitative estimate of drug-likeness (QED) is 0.286. The van der Waals surface area contributed by atoms with Crippen LogP contribution in [-0.4, -0.2) is 106 Å². The van der Waals surface area contributed by atoms with Crippen LogP contribution >= 0.6 is 0 Å². The lowest BCUT2D eigenvalue weighted by atomic mass is 9.78. The second-order valence-corrected chi connectivity index (χ2v) is 16.2. The maximum absolute atomic E-state index is 11.8. The van der Waals surface area contributed by atoms with Crippen molar-refractivity contribution in [3.8, 4) is 0 Å². The summed E-state index contributed by atoms with van der Waals surface area (Å²) >= 11 is 0. The lowest BCUT2D eigenvalue weighted by Crippen LogP contribution is -2.57. The van der Waals surface area contributed by atoms with Crippen molar-refractivity contribution in [3.63, 3.8) is 0 Å². The SMILES string of the molecule is CO[C@H]([C@H](C)[C@H]1O[C@@]2(CC[C@@](C)([C@H]3CC[C@@](C)([C@@H]4O[C@@H]([C@H]5O[C@@](O)(CO)[C@H](C)C[C@@H]5C)C[C@@H]4C)O3)O2)C[C@H](O)[C@H]1C)[C@H](C)C(=O)O. The third-order valence-electron chi connectivity index (χ3n) is 12.6. The Morgan fingerprint density at radius 1 is 0.978 bits per heavy atom. The van der Waals surface area contributed by atoms with Gasteiger partial charge in [-0.15, -0.1) is 0 Å². The molecule has 1 spiro atoms. The monoisotopic (exact) mass is 656 g/mol. The second-order valence-electron chi connectivity index (χ2n) is 16.2. The molecular formula is C35H60O11. The summed E-state index contributed by atoms with van der Waals surface area (Å²) in [5, 5.41) is 41.7. The number of carboxylic acids is 1. The summed E-state index contributed by atoms with van der Waals surface area (Å²) in [6.07, 6.45) is 2.15. The van der Waals surface area contributed by atoms with Crippen molar-refractivity contribution < 1.29 is 53.6 Å². The Labute approximate surface area is 274 Å². The molecule has 11 nitrogen and oxygen atoms in total. The molecule has 5 heterocycles. The zero-order valence-electron chi connectivity index (χ0n) is 29.3. The number of aliphatic carboxylic acids is 1. The number of carboxylic acid groups (broad SMARTS) is 1. The molecule has 17 atom stereocenters. The van der Waals surface area contributed by atoms with Crippen LogP contribution in [0.2, 0.25) is 0 Å². The molecule has 0 unspecified atom stereocenters. The summed E-state index contributed by atoms with van der Waals surface area (Å²) in [4.78, 5) is 11.8. The summed E-state index contributed by atoms with van der Waals surface area (Å²) in [7, 11) is 1.52. The first-order valence-electron chi connectivity index (χ1n) is 17.6. The van der Waals surface area contributed by atoms with Gasteiger partial charge in [0.15, 0.2) is 11.6 Å². The third kappa shape index (κ3) is 6.42. The normalized spacial score (nSPS) is 51.7. The van der Waals surface area contributed by atoms with E-state index < -0.39 is 59.6 Å². The molecule has 5 fully saturated rings. The van der Waals surface area contributed by atoms with Gasteiger partial charge in [-0.25, -0.2) is 0 Å². The van der Waals surface area contributed by atoms with Gasteiger partial charge in [0.25, 0.3) is 0 Å². The maximum atomic E-state index is 11.8. The van der Waals surface area contributed by atoms with Crippen molar-refractivity contribution in [2.45, 2.75) is 166 Å². The fourth-order valence-corrected chi connectivity index (χ4v) is 9.64. The smallest absolute Gasteiger partial charge is 0.308 e. The molecule has 0 aromatic carbocycles. The summed E-state index contributed by atoms with van der Waals surface area (Å²) < 4.78 is 39.1. The van der Waals surface area contributed by atoms with E-state index in [0.717, 1.165) is 25.7 Å². The van der Waals surface area contributed by atoms with Gasteiger partial charge in [-0.05, 0) is 64.7 Å². The number of rotatable bonds is 9. The molecule has 0 radical (unpaired) electrons. The van der Waals surface area contributed by atoms with E-state index in [9.17, 15) is 25.2 Å². The number of methoxy groups -OCH3 is 1. The highest BCUT2D eigenvalue weighted by atomic mass is 16.7. The average molecular weight is 657 g/mol. The van der Waals surface area contributed by atoms with Gasteiger partial charge < -0.3 is 48.8 Å². The van der Waals surface area contributed by atoms with Gasteiger partial charge in [0, 0.05) is 37.7 Å². The van der Waals surface area contributed by atoms with Crippen LogP contribution in [0.4, 0.5) is 0 Å². The molecule has 0 saturated carbocycles. The van der Waals surface area contributed by atoms with Crippen molar-refractivity contribution in [1.82, 2.24) is 0 Å². The summed E-state index contributed by atoms with van der Waals surface area (Å²) in [5.74, 6) is -4.52. The standard InChI is InChI=1S/C35H60O11/c1-18-14-20(3)35(40,17-36)45-27(18)25-15-19(2)30(42-25)33(8)11-10-26(43-33)32(7)12-13-34(46-32)16-24(37)21(4)29(44-34)22(5)28(41-9)23(6)31(38)39/h18-30,36-37,40H,10-17H2,1-9H3,(H,38,39)/t18-,19-,20+,21+,22-,23-,24-,25+,26+,27-,28+,29-,30+,32-,33-,34+,35-/m0/s1. The Hall–Kier alpha value is -0.890. The van der Waals surface area contributed by atoms with Gasteiger partial charge in [-0.3, -0.25) is 4.79 Å². The van der Waals surface area contributed by atoms with E-state index in [1.807, 2.05) is 20.8 Å². The van der Waals surface area contributed by atoms with E-state index in [1.54, 1.807) is 6.92 Å². The summed E-state index contributed by atoms with van der Waals surface area (Å²) in [5.41, 5.74) is -1.19. The fraction of sp³-hybridized carbons (Fsp3) is 0.971. The maximum Gasteiger partial charge on any atom is 0.308 e. The van der Waals surface area contributed by atoms with Gasteiger partial charge in [-0.2, -0.15) is 0 Å². The molecule has 4 N–H and O–H groups in total. The van der Waals surface area contributed by atoms with Gasteiger partial charge in [-0.1, -0.05) is 34.6 Å². The number of ether oxygens (including phenoxy) is 6. The lowest BCUT2D eigenvalue weighted by Gasteiger charge is -2.48. The van der Waals surface area contributed by atoms with E-state index >= 15 is 0 Å². The van der Waals surface area contributed by atoms with Crippen LogP contribution in [0, 0.1) is 35.5 Å². The summed E-state index contributed by atoms with van der Waals surface area (Å²) in [6, 6.07) is 0. The van der Waals surface area contributed by atoms with Crippen molar-refractivity contribution in [2.24, 2.45) is 35.5 Å². The number of hydrogen-bond donors (Lipinski definition) is 4. The Bertz CT molecular complexity index is 1090. The van der Waals surface area contributed by atoms with Crippen molar-refractivity contribution in [2.75, 3.05) is 13.7 Å². The summed E-state index contributed by atoms with van der Waals surface area (Å²) in [6.45, 7) is 15.5. The molecule has 0 aliphatic carbocycles. The molecule has 0 aromatic heterocycles. The van der Waals surface area contributed by atoms with E-state index in [-0.39, 0.29) is 54.0 Å². The van der Waals surface area contributed by atoms with Gasteiger partial charge in [0.2, 0.25) is 0 Å². The minimum Gasteiger partial charge on any atom is -0.481 e. The Balaban J connectivity index is 1.26. The molecule has 11 heteroatoms. The Kier molecular flexibility index (Phi) is 10.4. The average Bonchev–Trinajstić information content (AvgIpc) is 3.69. The number of aliphatic hydroxyl groups excluding tert-OH is 2. The van der Waals surface area contributed by atoms with Crippen molar-refractivity contribution >= 4 is 5.97 Å². The van der Waals surface area contributed by atoms with Crippen LogP contribution in [0.3, 0.4) is 0 Å². The molecule has 5 aliphatic rings. The number of hydrogen-bond acceptors (Lipinski definition) is 10. The van der Waals surface area contributed by atoms with E-state index in [1.165, 1.54) is 7.11 Å². The Morgan fingerprint density at radius 3 is 2.30 bits per heavy atom. The van der Waals surface area contributed by atoms with Gasteiger partial charge in [0.05, 0.1) is 66.5 Å². The molecule has 46 heavy (non-hydrogen) atoms. The van der Waals surface area contributed by atoms with Crippen molar-refractivity contribution in [3.05, 3.63) is 0 Å². The van der Waals surface area contributed by atoms with E-state index in [2.05, 4.69) is 27.7 Å². The second kappa shape index (κ2) is 13.1. The van der Waals surface area contributed by atoms with Crippen molar-refractivity contribution in [1.29, 1.82) is 0 Å². The van der Waals surface area contributed by atoms with Crippen LogP contribution < -0.4 is 0 Å². The number of aliphatic hydroxyl groups is 3. The highest BCUT2D eigenvalue weighted by Gasteiger charge is 2.61. The minimum absolute atomic E-state index is 0.167. The molecular weight excluding hydrogens is 596 g/mol. The zero-order chi connectivity index (χ0) is 34.0. The largest absolute Gasteiger partial charge is 0.481 e. The van der Waals surface area contributed by atoms with Gasteiger partial charge >= 0.3 is 5.97 Å². The predicted octanol–water partition coefficient (Wildman–Crippen LogP) is 3.88. The topological polar surface area (TPSA) is 153 Å². The molecule has 0 aromatic rings. The first-order valence-corrected chi connectivity index (χ1v) is 17.6. The van der Waals surface area contributed by atoms with E-state index in [0.29, 0.717) is 19.3 Å². The first kappa shape index (κ1) is 36.4. The fourth-order valence-electron chi connectivity index (χ4n) is 9.64. The highest BCUT2D eigenvalue weighted by Crippen LogP contribution is 2.54. The third-order valence-corrected chi connectivity index (χ3v) is 12.6. The number of carbonyl (C=O) groups is 1. The van der Waals surface area contributed by atoms with Crippen LogP contribution in [-0.2, 0) is 33.2 Å².